The average molecular weight is 337 g/mol. The molecule has 0 saturated carbocycles. The summed E-state index contributed by atoms with van der Waals surface area (Å²) in [6.07, 6.45) is 5.02. The highest BCUT2D eigenvalue weighted by molar-refractivity contribution is 6.34. The van der Waals surface area contributed by atoms with E-state index < -0.39 is 0 Å². The standard InChI is InChI=1S/C18H28O4Si/c1-4-16(19)22-13-9-7-8-10-14-11-12-15(23)18(21-6-3)17(14)20-5-2/h4,11-12H,1,5-10,13H2,2-3,23H3. The molecule has 0 bridgehead atoms. The molecule has 0 heterocycles. The van der Waals surface area contributed by atoms with Gasteiger partial charge in [-0.2, -0.15) is 0 Å². The van der Waals surface area contributed by atoms with Crippen LogP contribution in [0.5, 0.6) is 11.5 Å². The van der Waals surface area contributed by atoms with Gasteiger partial charge >= 0.3 is 5.97 Å². The molecule has 0 aliphatic heterocycles. The fourth-order valence-electron chi connectivity index (χ4n) is 2.35. The summed E-state index contributed by atoms with van der Waals surface area (Å²) < 4.78 is 16.6. The van der Waals surface area contributed by atoms with Gasteiger partial charge in [-0.05, 0) is 50.3 Å². The summed E-state index contributed by atoms with van der Waals surface area (Å²) in [6.45, 7) is 9.09. The van der Waals surface area contributed by atoms with Gasteiger partial charge in [0.05, 0.1) is 19.8 Å². The van der Waals surface area contributed by atoms with Crippen molar-refractivity contribution in [2.45, 2.75) is 39.5 Å². The fraction of sp³-hybridized carbons (Fsp3) is 0.500. The quantitative estimate of drug-likeness (QED) is 0.268. The molecule has 0 spiro atoms. The van der Waals surface area contributed by atoms with Gasteiger partial charge in [0.15, 0.2) is 11.5 Å². The lowest BCUT2D eigenvalue weighted by Crippen LogP contribution is -2.13. The summed E-state index contributed by atoms with van der Waals surface area (Å²) >= 11 is 0. The summed E-state index contributed by atoms with van der Waals surface area (Å²) in [5.41, 5.74) is 1.19. The van der Waals surface area contributed by atoms with E-state index in [1.54, 1.807) is 0 Å². The van der Waals surface area contributed by atoms with Crippen LogP contribution in [0.15, 0.2) is 24.8 Å². The maximum Gasteiger partial charge on any atom is 0.330 e. The van der Waals surface area contributed by atoms with Gasteiger partial charge in [0, 0.05) is 16.3 Å². The van der Waals surface area contributed by atoms with Crippen LogP contribution >= 0.6 is 0 Å². The zero-order valence-corrected chi connectivity index (χ0v) is 16.5. The molecule has 0 aromatic heterocycles. The molecule has 4 nitrogen and oxygen atoms in total. The number of carbonyl (C=O) groups excluding carboxylic acids is 1. The smallest absolute Gasteiger partial charge is 0.330 e. The zero-order chi connectivity index (χ0) is 17.1. The van der Waals surface area contributed by atoms with E-state index in [1.807, 2.05) is 13.8 Å². The molecule has 0 N–H and O–H groups in total. The van der Waals surface area contributed by atoms with Crippen LogP contribution in [0.1, 0.15) is 38.7 Å². The molecule has 1 aromatic rings. The molecule has 1 rings (SSSR count). The molecule has 0 aliphatic carbocycles. The van der Waals surface area contributed by atoms with Crippen LogP contribution in [0.3, 0.4) is 0 Å². The van der Waals surface area contributed by atoms with Crippen molar-refractivity contribution in [2.24, 2.45) is 0 Å². The summed E-state index contributed by atoms with van der Waals surface area (Å²) in [5, 5.41) is 1.23. The van der Waals surface area contributed by atoms with E-state index in [0.29, 0.717) is 19.8 Å². The number of aryl methyl sites for hydroxylation is 1. The maximum absolute atomic E-state index is 10.9. The highest BCUT2D eigenvalue weighted by Crippen LogP contribution is 2.30. The van der Waals surface area contributed by atoms with E-state index in [2.05, 4.69) is 18.7 Å². The Morgan fingerprint density at radius 1 is 1.13 bits per heavy atom. The van der Waals surface area contributed by atoms with E-state index in [9.17, 15) is 4.79 Å². The normalized spacial score (nSPS) is 10.3. The number of hydrogen-bond donors (Lipinski definition) is 0. The average Bonchev–Trinajstić information content (AvgIpc) is 2.55. The van der Waals surface area contributed by atoms with Crippen LogP contribution in [0, 0.1) is 0 Å². The van der Waals surface area contributed by atoms with Crippen molar-refractivity contribution < 1.29 is 19.0 Å². The van der Waals surface area contributed by atoms with E-state index >= 15 is 0 Å². The van der Waals surface area contributed by atoms with E-state index in [0.717, 1.165) is 47.4 Å². The Labute approximate surface area is 142 Å². The van der Waals surface area contributed by atoms with Crippen LogP contribution in [-0.4, -0.2) is 36.0 Å². The molecule has 1 aromatic carbocycles. The van der Waals surface area contributed by atoms with Gasteiger partial charge in [-0.3, -0.25) is 0 Å². The van der Waals surface area contributed by atoms with E-state index in [1.165, 1.54) is 16.8 Å². The first-order valence-corrected chi connectivity index (χ1v) is 9.31. The van der Waals surface area contributed by atoms with Crippen molar-refractivity contribution >= 4 is 21.4 Å². The number of ether oxygens (including phenoxy) is 3. The lowest BCUT2D eigenvalue weighted by atomic mass is 10.1. The number of benzene rings is 1. The Morgan fingerprint density at radius 3 is 2.48 bits per heavy atom. The SMILES string of the molecule is C=CC(=O)OCCCCCc1ccc([SiH3])c(OCC)c1OCC. The summed E-state index contributed by atoms with van der Waals surface area (Å²) in [4.78, 5) is 10.9. The lowest BCUT2D eigenvalue weighted by Gasteiger charge is -2.17. The third-order valence-corrected chi connectivity index (χ3v) is 4.26. The van der Waals surface area contributed by atoms with Gasteiger partial charge in [0.1, 0.15) is 0 Å². The van der Waals surface area contributed by atoms with Crippen molar-refractivity contribution in [1.29, 1.82) is 0 Å². The minimum atomic E-state index is -0.354. The van der Waals surface area contributed by atoms with Gasteiger partial charge in [-0.15, -0.1) is 0 Å². The Hall–Kier alpha value is -1.75. The minimum absolute atomic E-state index is 0.354. The number of carbonyl (C=O) groups is 1. The molecule has 0 saturated heterocycles. The summed E-state index contributed by atoms with van der Waals surface area (Å²) in [5.74, 6) is 1.46. The molecule has 0 radical (unpaired) electrons. The first kappa shape index (κ1) is 19.3. The molecule has 0 atom stereocenters. The molecule has 0 amide bonds. The largest absolute Gasteiger partial charge is 0.490 e. The number of esters is 1. The Balaban J connectivity index is 2.57. The number of unbranched alkanes of at least 4 members (excludes halogenated alkanes) is 2. The van der Waals surface area contributed by atoms with Crippen molar-refractivity contribution in [3.63, 3.8) is 0 Å². The fourth-order valence-corrected chi connectivity index (χ4v) is 2.89. The van der Waals surface area contributed by atoms with Gasteiger partial charge in [-0.25, -0.2) is 4.79 Å². The molecule has 0 unspecified atom stereocenters. The van der Waals surface area contributed by atoms with Gasteiger partial charge in [-0.1, -0.05) is 18.7 Å². The Morgan fingerprint density at radius 2 is 1.83 bits per heavy atom. The minimum Gasteiger partial charge on any atom is -0.490 e. The third kappa shape index (κ3) is 6.48. The maximum atomic E-state index is 10.9. The van der Waals surface area contributed by atoms with Crippen LogP contribution in [-0.2, 0) is 16.0 Å². The highest BCUT2D eigenvalue weighted by Gasteiger charge is 2.13. The van der Waals surface area contributed by atoms with E-state index in [4.69, 9.17) is 14.2 Å². The molecule has 5 heteroatoms. The Kier molecular flexibility index (Phi) is 9.13. The van der Waals surface area contributed by atoms with Gasteiger partial charge in [0.25, 0.3) is 0 Å². The topological polar surface area (TPSA) is 44.8 Å². The molecule has 0 aliphatic rings. The van der Waals surface area contributed by atoms with Crippen molar-refractivity contribution in [3.05, 3.63) is 30.4 Å². The molecule has 128 valence electrons. The predicted octanol–water partition coefficient (Wildman–Crippen LogP) is 1.92. The van der Waals surface area contributed by atoms with Crippen molar-refractivity contribution in [3.8, 4) is 11.5 Å². The summed E-state index contributed by atoms with van der Waals surface area (Å²) in [6, 6.07) is 4.29. The second-order valence-electron chi connectivity index (χ2n) is 5.25. The van der Waals surface area contributed by atoms with Gasteiger partial charge in [0.2, 0.25) is 0 Å². The van der Waals surface area contributed by atoms with Crippen LogP contribution in [0.4, 0.5) is 0 Å². The molecular weight excluding hydrogens is 308 g/mol. The Bertz CT molecular complexity index is 514. The monoisotopic (exact) mass is 336 g/mol. The zero-order valence-electron chi connectivity index (χ0n) is 14.5. The second kappa shape index (κ2) is 10.9. The van der Waals surface area contributed by atoms with Crippen LogP contribution < -0.4 is 14.7 Å². The van der Waals surface area contributed by atoms with Gasteiger partial charge < -0.3 is 14.2 Å². The first-order chi connectivity index (χ1) is 11.1. The number of hydrogen-bond acceptors (Lipinski definition) is 4. The summed E-state index contributed by atoms with van der Waals surface area (Å²) in [7, 11) is 0.936. The van der Waals surface area contributed by atoms with Crippen molar-refractivity contribution in [2.75, 3.05) is 19.8 Å². The highest BCUT2D eigenvalue weighted by atomic mass is 28.1. The lowest BCUT2D eigenvalue weighted by molar-refractivity contribution is -0.137. The van der Waals surface area contributed by atoms with Crippen molar-refractivity contribution in [1.82, 2.24) is 0 Å². The molecule has 0 fully saturated rings. The number of rotatable bonds is 11. The molecule has 23 heavy (non-hydrogen) atoms. The molecular formula is C18H28O4Si. The predicted molar refractivity (Wildman–Crippen MR) is 97.1 cm³/mol. The third-order valence-electron chi connectivity index (χ3n) is 3.47. The van der Waals surface area contributed by atoms with Crippen LogP contribution in [0.25, 0.3) is 0 Å². The van der Waals surface area contributed by atoms with Crippen LogP contribution in [0.2, 0.25) is 0 Å². The first-order valence-electron chi connectivity index (χ1n) is 8.31. The van der Waals surface area contributed by atoms with E-state index in [-0.39, 0.29) is 5.97 Å². The second-order valence-corrected chi connectivity index (χ2v) is 6.33.